The normalized spacial score (nSPS) is 14.7. The van der Waals surface area contributed by atoms with Gasteiger partial charge in [0.2, 0.25) is 5.95 Å². The van der Waals surface area contributed by atoms with E-state index in [1.165, 1.54) is 11.1 Å². The van der Waals surface area contributed by atoms with Crippen molar-refractivity contribution in [1.82, 2.24) is 9.97 Å². The molecule has 5 nitrogen and oxygen atoms in total. The van der Waals surface area contributed by atoms with Crippen LogP contribution in [0.3, 0.4) is 0 Å². The molecule has 1 aliphatic heterocycles. The maximum absolute atomic E-state index is 5.36. The van der Waals surface area contributed by atoms with Crippen molar-refractivity contribution < 1.29 is 0 Å². The van der Waals surface area contributed by atoms with Gasteiger partial charge in [0.25, 0.3) is 0 Å². The van der Waals surface area contributed by atoms with Gasteiger partial charge in [0, 0.05) is 19.3 Å². The van der Waals surface area contributed by atoms with Gasteiger partial charge in [-0.25, -0.2) is 10.8 Å². The Balaban J connectivity index is 1.89. The average Bonchev–Trinajstić information content (AvgIpc) is 2.69. The van der Waals surface area contributed by atoms with E-state index in [0.717, 1.165) is 31.7 Å². The van der Waals surface area contributed by atoms with Crippen LogP contribution in [0.4, 0.5) is 11.8 Å². The molecule has 0 unspecified atom stereocenters. The second-order valence-corrected chi connectivity index (χ2v) is 4.68. The van der Waals surface area contributed by atoms with E-state index >= 15 is 0 Å². The third-order valence-corrected chi connectivity index (χ3v) is 3.45. The Kier molecular flexibility index (Phi) is 3.29. The predicted octanol–water partition coefficient (Wildman–Crippen LogP) is 1.72. The zero-order valence-corrected chi connectivity index (χ0v) is 10.7. The lowest BCUT2D eigenvalue weighted by molar-refractivity contribution is 0.753. The first kappa shape index (κ1) is 11.9. The van der Waals surface area contributed by atoms with Crippen molar-refractivity contribution in [2.75, 3.05) is 16.9 Å². The van der Waals surface area contributed by atoms with Gasteiger partial charge in [-0.2, -0.15) is 4.98 Å². The lowest BCUT2D eigenvalue weighted by atomic mass is 10.0. The highest BCUT2D eigenvalue weighted by Gasteiger charge is 2.15. The van der Waals surface area contributed by atoms with Crippen molar-refractivity contribution in [3.63, 3.8) is 0 Å². The Bertz CT molecular complexity index is 569. The summed E-state index contributed by atoms with van der Waals surface area (Å²) < 4.78 is 0. The van der Waals surface area contributed by atoms with Crippen LogP contribution >= 0.6 is 0 Å². The molecule has 0 atom stereocenters. The summed E-state index contributed by atoms with van der Waals surface area (Å²) in [7, 11) is 0. The highest BCUT2D eigenvalue weighted by Crippen LogP contribution is 2.22. The second kappa shape index (κ2) is 5.24. The summed E-state index contributed by atoms with van der Waals surface area (Å²) in [6, 6.07) is 10.5. The minimum Gasteiger partial charge on any atom is -0.352 e. The van der Waals surface area contributed by atoms with Crippen LogP contribution in [0.5, 0.6) is 0 Å². The summed E-state index contributed by atoms with van der Waals surface area (Å²) >= 11 is 0. The van der Waals surface area contributed by atoms with E-state index in [1.807, 2.05) is 6.07 Å². The van der Waals surface area contributed by atoms with Crippen molar-refractivity contribution in [3.8, 4) is 0 Å². The lowest BCUT2D eigenvalue weighted by Crippen LogP contribution is -2.24. The minimum absolute atomic E-state index is 0.454. The lowest BCUT2D eigenvalue weighted by Gasteiger charge is -2.22. The van der Waals surface area contributed by atoms with E-state index in [0.29, 0.717) is 5.95 Å². The van der Waals surface area contributed by atoms with Gasteiger partial charge in [0.1, 0.15) is 5.82 Å². The van der Waals surface area contributed by atoms with Crippen molar-refractivity contribution >= 4 is 11.8 Å². The number of aromatic nitrogens is 2. The van der Waals surface area contributed by atoms with Crippen LogP contribution in [0.1, 0.15) is 17.5 Å². The number of nitrogen functional groups attached to an aromatic ring is 1. The molecule has 0 bridgehead atoms. The predicted molar refractivity (Wildman–Crippen MR) is 75.7 cm³/mol. The standard InChI is InChI=1S/C14H17N5/c15-18-14-16-8-7-13(17-14)19-9-3-6-11-4-1-2-5-12(11)10-19/h1-2,4-5,7-8H,3,6,9-10,15H2,(H,16,17,18). The molecule has 19 heavy (non-hydrogen) atoms. The van der Waals surface area contributed by atoms with Crippen LogP contribution in [0.2, 0.25) is 0 Å². The fourth-order valence-electron chi connectivity index (χ4n) is 2.49. The molecule has 2 aromatic rings. The third kappa shape index (κ3) is 2.51. The molecule has 0 saturated heterocycles. The number of hydrogen-bond donors (Lipinski definition) is 2. The molecule has 1 aliphatic rings. The van der Waals surface area contributed by atoms with E-state index in [9.17, 15) is 0 Å². The zero-order chi connectivity index (χ0) is 13.1. The molecular weight excluding hydrogens is 238 g/mol. The highest BCUT2D eigenvalue weighted by atomic mass is 15.3. The van der Waals surface area contributed by atoms with Crippen LogP contribution in [0.25, 0.3) is 0 Å². The van der Waals surface area contributed by atoms with Crippen LogP contribution < -0.4 is 16.2 Å². The van der Waals surface area contributed by atoms with Crippen LogP contribution in [0, 0.1) is 0 Å². The number of nitrogens with one attached hydrogen (secondary N) is 1. The van der Waals surface area contributed by atoms with Gasteiger partial charge in [0.15, 0.2) is 0 Å². The summed E-state index contributed by atoms with van der Waals surface area (Å²) in [6.45, 7) is 1.88. The molecule has 0 spiro atoms. The molecule has 5 heteroatoms. The first-order valence-corrected chi connectivity index (χ1v) is 6.48. The van der Waals surface area contributed by atoms with Gasteiger partial charge >= 0.3 is 0 Å². The summed E-state index contributed by atoms with van der Waals surface area (Å²) in [5, 5.41) is 0. The first-order chi connectivity index (χ1) is 9.36. The van der Waals surface area contributed by atoms with Crippen LogP contribution in [-0.4, -0.2) is 16.5 Å². The smallest absolute Gasteiger partial charge is 0.239 e. The number of rotatable bonds is 2. The molecule has 3 N–H and O–H groups in total. The number of benzene rings is 1. The van der Waals surface area contributed by atoms with Gasteiger partial charge in [-0.15, -0.1) is 0 Å². The summed E-state index contributed by atoms with van der Waals surface area (Å²) in [4.78, 5) is 10.7. The number of hydrazine groups is 1. The maximum atomic E-state index is 5.36. The van der Waals surface area contributed by atoms with Crippen LogP contribution in [-0.2, 0) is 13.0 Å². The fourth-order valence-corrected chi connectivity index (χ4v) is 2.49. The number of hydrogen-bond acceptors (Lipinski definition) is 5. The summed E-state index contributed by atoms with van der Waals surface area (Å²) in [6.07, 6.45) is 3.99. The number of anilines is 2. The van der Waals surface area contributed by atoms with Gasteiger partial charge in [-0.05, 0) is 30.0 Å². The molecule has 0 amide bonds. The van der Waals surface area contributed by atoms with Crippen molar-refractivity contribution in [2.24, 2.45) is 5.84 Å². The average molecular weight is 255 g/mol. The Morgan fingerprint density at radius 1 is 1.16 bits per heavy atom. The Labute approximate surface area is 112 Å². The molecule has 1 aromatic heterocycles. The molecule has 0 radical (unpaired) electrons. The number of nitrogens with zero attached hydrogens (tertiary/aromatic N) is 3. The van der Waals surface area contributed by atoms with Crippen molar-refractivity contribution in [1.29, 1.82) is 0 Å². The molecule has 1 aromatic carbocycles. The van der Waals surface area contributed by atoms with Crippen LogP contribution in [0.15, 0.2) is 36.5 Å². The molecular formula is C14H17N5. The molecule has 2 heterocycles. The van der Waals surface area contributed by atoms with Gasteiger partial charge in [-0.3, -0.25) is 5.43 Å². The molecule has 98 valence electrons. The summed E-state index contributed by atoms with van der Waals surface area (Å²) in [5.74, 6) is 6.73. The second-order valence-electron chi connectivity index (χ2n) is 4.68. The number of fused-ring (bicyclic) bond motifs is 1. The van der Waals surface area contributed by atoms with Gasteiger partial charge in [0.05, 0.1) is 0 Å². The maximum Gasteiger partial charge on any atom is 0.239 e. The minimum atomic E-state index is 0.454. The largest absolute Gasteiger partial charge is 0.352 e. The SMILES string of the molecule is NNc1nccc(N2CCCc3ccccc3C2)n1. The quantitative estimate of drug-likeness (QED) is 0.631. The Hall–Kier alpha value is -2.14. The van der Waals surface area contributed by atoms with Gasteiger partial charge < -0.3 is 4.90 Å². The Morgan fingerprint density at radius 2 is 2.00 bits per heavy atom. The third-order valence-electron chi connectivity index (χ3n) is 3.45. The van der Waals surface area contributed by atoms with E-state index in [1.54, 1.807) is 6.20 Å². The van der Waals surface area contributed by atoms with Crippen molar-refractivity contribution in [3.05, 3.63) is 47.7 Å². The van der Waals surface area contributed by atoms with E-state index in [4.69, 9.17) is 5.84 Å². The molecule has 0 fully saturated rings. The first-order valence-electron chi connectivity index (χ1n) is 6.48. The Morgan fingerprint density at radius 3 is 2.84 bits per heavy atom. The monoisotopic (exact) mass is 255 g/mol. The molecule has 3 rings (SSSR count). The van der Waals surface area contributed by atoms with E-state index in [-0.39, 0.29) is 0 Å². The number of aryl methyl sites for hydroxylation is 1. The van der Waals surface area contributed by atoms with Gasteiger partial charge in [-0.1, -0.05) is 24.3 Å². The van der Waals surface area contributed by atoms with E-state index in [2.05, 4.69) is 44.6 Å². The highest BCUT2D eigenvalue weighted by molar-refractivity contribution is 5.44. The van der Waals surface area contributed by atoms with E-state index < -0.39 is 0 Å². The fraction of sp³-hybridized carbons (Fsp3) is 0.286. The van der Waals surface area contributed by atoms with Crippen molar-refractivity contribution in [2.45, 2.75) is 19.4 Å². The zero-order valence-electron chi connectivity index (χ0n) is 10.7. The summed E-state index contributed by atoms with van der Waals surface area (Å²) in [5.41, 5.74) is 5.31. The number of nitrogens with two attached hydrogens (primary N) is 1. The molecule has 0 aliphatic carbocycles. The molecule has 0 saturated carbocycles. The topological polar surface area (TPSA) is 67.1 Å².